The van der Waals surface area contributed by atoms with Crippen LogP contribution in [0.5, 0.6) is 0 Å². The third-order valence-corrected chi connectivity index (χ3v) is 5.16. The van der Waals surface area contributed by atoms with E-state index in [9.17, 15) is 4.79 Å². The van der Waals surface area contributed by atoms with Gasteiger partial charge in [0, 0.05) is 13.0 Å². The zero-order chi connectivity index (χ0) is 14.2. The summed E-state index contributed by atoms with van der Waals surface area (Å²) in [6.45, 7) is 5.52. The van der Waals surface area contributed by atoms with Gasteiger partial charge < -0.3 is 10.6 Å². The second-order valence-corrected chi connectivity index (χ2v) is 7.01. The van der Waals surface area contributed by atoms with Crippen molar-refractivity contribution in [1.29, 1.82) is 0 Å². The summed E-state index contributed by atoms with van der Waals surface area (Å²) in [5.41, 5.74) is 0. The first-order valence-corrected chi connectivity index (χ1v) is 8.71. The molecule has 124 valence electrons. The Morgan fingerprint density at radius 1 is 1.10 bits per heavy atom. The minimum Gasteiger partial charge on any atom is -0.356 e. The molecule has 0 aromatic carbocycles. The van der Waals surface area contributed by atoms with Crippen molar-refractivity contribution in [3.05, 3.63) is 0 Å². The second kappa shape index (κ2) is 10.4. The Balaban J connectivity index is 0.00000220. The Labute approximate surface area is 136 Å². The van der Waals surface area contributed by atoms with Gasteiger partial charge in [0.05, 0.1) is 0 Å². The van der Waals surface area contributed by atoms with E-state index in [0.717, 1.165) is 50.2 Å². The number of carbonyl (C=O) groups excluding carboxylic acids is 1. The lowest BCUT2D eigenvalue weighted by Crippen LogP contribution is -2.30. The Bertz CT molecular complexity index is 293. The van der Waals surface area contributed by atoms with Gasteiger partial charge in [-0.2, -0.15) is 0 Å². The summed E-state index contributed by atoms with van der Waals surface area (Å²) in [6.07, 6.45) is 11.0. The van der Waals surface area contributed by atoms with Gasteiger partial charge in [0.25, 0.3) is 0 Å². The van der Waals surface area contributed by atoms with E-state index in [0.29, 0.717) is 0 Å². The van der Waals surface area contributed by atoms with Gasteiger partial charge in [-0.15, -0.1) is 12.4 Å². The van der Waals surface area contributed by atoms with Crippen LogP contribution in [0, 0.1) is 17.8 Å². The maximum absolute atomic E-state index is 11.9. The SMILES string of the molecule is CC1CCCC(CCNC(=O)CCC2CCNCC2)C1.Cl. The van der Waals surface area contributed by atoms with Gasteiger partial charge in [-0.05, 0) is 62.9 Å². The monoisotopic (exact) mass is 316 g/mol. The van der Waals surface area contributed by atoms with Crippen LogP contribution >= 0.6 is 12.4 Å². The number of piperidine rings is 1. The lowest BCUT2D eigenvalue weighted by molar-refractivity contribution is -0.121. The van der Waals surface area contributed by atoms with Crippen molar-refractivity contribution >= 4 is 18.3 Å². The molecule has 0 radical (unpaired) electrons. The molecule has 1 heterocycles. The number of halogens is 1. The highest BCUT2D eigenvalue weighted by Crippen LogP contribution is 2.30. The van der Waals surface area contributed by atoms with Crippen LogP contribution < -0.4 is 10.6 Å². The largest absolute Gasteiger partial charge is 0.356 e. The fraction of sp³-hybridized carbons (Fsp3) is 0.941. The molecule has 1 amide bonds. The quantitative estimate of drug-likeness (QED) is 0.787. The number of nitrogens with one attached hydrogen (secondary N) is 2. The zero-order valence-electron chi connectivity index (χ0n) is 13.5. The Kier molecular flexibility index (Phi) is 9.34. The summed E-state index contributed by atoms with van der Waals surface area (Å²) >= 11 is 0. The predicted molar refractivity (Wildman–Crippen MR) is 90.8 cm³/mol. The second-order valence-electron chi connectivity index (χ2n) is 7.01. The van der Waals surface area contributed by atoms with E-state index >= 15 is 0 Å². The van der Waals surface area contributed by atoms with Crippen LogP contribution in [0.15, 0.2) is 0 Å². The highest BCUT2D eigenvalue weighted by atomic mass is 35.5. The molecular formula is C17H33ClN2O. The summed E-state index contributed by atoms with van der Waals surface area (Å²) in [7, 11) is 0. The molecule has 1 saturated carbocycles. The molecular weight excluding hydrogens is 284 g/mol. The van der Waals surface area contributed by atoms with Crippen LogP contribution in [0.1, 0.15) is 64.7 Å². The van der Waals surface area contributed by atoms with Crippen LogP contribution in [0.4, 0.5) is 0 Å². The molecule has 2 rings (SSSR count). The summed E-state index contributed by atoms with van der Waals surface area (Å²) in [5, 5.41) is 6.51. The van der Waals surface area contributed by atoms with E-state index in [-0.39, 0.29) is 18.3 Å². The highest BCUT2D eigenvalue weighted by Gasteiger charge is 2.19. The van der Waals surface area contributed by atoms with E-state index in [2.05, 4.69) is 17.6 Å². The first-order valence-electron chi connectivity index (χ1n) is 8.71. The van der Waals surface area contributed by atoms with Crippen molar-refractivity contribution in [3.63, 3.8) is 0 Å². The number of rotatable bonds is 6. The van der Waals surface area contributed by atoms with E-state index in [1.54, 1.807) is 0 Å². The highest BCUT2D eigenvalue weighted by molar-refractivity contribution is 5.85. The lowest BCUT2D eigenvalue weighted by atomic mass is 9.81. The van der Waals surface area contributed by atoms with E-state index in [4.69, 9.17) is 0 Å². The smallest absolute Gasteiger partial charge is 0.220 e. The molecule has 3 nitrogen and oxygen atoms in total. The molecule has 4 heteroatoms. The normalized spacial score (nSPS) is 26.9. The van der Waals surface area contributed by atoms with Gasteiger partial charge in [0.15, 0.2) is 0 Å². The van der Waals surface area contributed by atoms with Crippen LogP contribution in [0.25, 0.3) is 0 Å². The minimum absolute atomic E-state index is 0. The minimum atomic E-state index is 0. The van der Waals surface area contributed by atoms with Crippen LogP contribution in [-0.2, 0) is 4.79 Å². The summed E-state index contributed by atoms with van der Waals surface area (Å²) in [6, 6.07) is 0. The standard InChI is InChI=1S/C17H32N2O.ClH/c1-14-3-2-4-16(13-14)9-12-19-17(20)6-5-15-7-10-18-11-8-15;/h14-16,18H,2-13H2,1H3,(H,19,20);1H. The van der Waals surface area contributed by atoms with Crippen molar-refractivity contribution in [2.24, 2.45) is 17.8 Å². The molecule has 1 aliphatic carbocycles. The van der Waals surface area contributed by atoms with E-state index in [1.165, 1.54) is 44.9 Å². The summed E-state index contributed by atoms with van der Waals surface area (Å²) in [5.74, 6) is 2.78. The lowest BCUT2D eigenvalue weighted by Gasteiger charge is -2.26. The van der Waals surface area contributed by atoms with Gasteiger partial charge in [-0.3, -0.25) is 4.79 Å². The summed E-state index contributed by atoms with van der Waals surface area (Å²) < 4.78 is 0. The molecule has 0 aromatic heterocycles. The number of carbonyl (C=O) groups is 1. The first-order chi connectivity index (χ1) is 9.74. The van der Waals surface area contributed by atoms with Crippen molar-refractivity contribution < 1.29 is 4.79 Å². The van der Waals surface area contributed by atoms with E-state index in [1.807, 2.05) is 0 Å². The van der Waals surface area contributed by atoms with E-state index < -0.39 is 0 Å². The molecule has 2 unspecified atom stereocenters. The Morgan fingerprint density at radius 2 is 1.86 bits per heavy atom. The molecule has 0 bridgehead atoms. The first kappa shape index (κ1) is 18.8. The molecule has 21 heavy (non-hydrogen) atoms. The maximum Gasteiger partial charge on any atom is 0.220 e. The third-order valence-electron chi connectivity index (χ3n) is 5.16. The molecule has 2 N–H and O–H groups in total. The van der Waals surface area contributed by atoms with Crippen LogP contribution in [-0.4, -0.2) is 25.5 Å². The van der Waals surface area contributed by atoms with Gasteiger partial charge in [-0.1, -0.05) is 26.2 Å². The molecule has 0 spiro atoms. The number of hydrogen-bond acceptors (Lipinski definition) is 2. The maximum atomic E-state index is 11.9. The third kappa shape index (κ3) is 7.51. The van der Waals surface area contributed by atoms with Gasteiger partial charge in [0.1, 0.15) is 0 Å². The summed E-state index contributed by atoms with van der Waals surface area (Å²) in [4.78, 5) is 11.9. The Morgan fingerprint density at radius 3 is 2.57 bits per heavy atom. The number of amides is 1. The van der Waals surface area contributed by atoms with Crippen molar-refractivity contribution in [2.75, 3.05) is 19.6 Å². The molecule has 2 fully saturated rings. The Hall–Kier alpha value is -0.280. The zero-order valence-corrected chi connectivity index (χ0v) is 14.4. The van der Waals surface area contributed by atoms with Crippen molar-refractivity contribution in [1.82, 2.24) is 10.6 Å². The molecule has 1 saturated heterocycles. The average Bonchev–Trinajstić information content (AvgIpc) is 2.46. The fourth-order valence-corrected chi connectivity index (χ4v) is 3.83. The predicted octanol–water partition coefficient (Wildman–Crippen LogP) is 3.52. The topological polar surface area (TPSA) is 41.1 Å². The van der Waals surface area contributed by atoms with Crippen LogP contribution in [0.3, 0.4) is 0 Å². The van der Waals surface area contributed by atoms with Crippen molar-refractivity contribution in [3.8, 4) is 0 Å². The van der Waals surface area contributed by atoms with Gasteiger partial charge in [-0.25, -0.2) is 0 Å². The van der Waals surface area contributed by atoms with Gasteiger partial charge in [0.2, 0.25) is 5.91 Å². The fourth-order valence-electron chi connectivity index (χ4n) is 3.83. The van der Waals surface area contributed by atoms with Crippen molar-refractivity contribution in [2.45, 2.75) is 64.7 Å². The average molecular weight is 317 g/mol. The van der Waals surface area contributed by atoms with Crippen LogP contribution in [0.2, 0.25) is 0 Å². The molecule has 2 atom stereocenters. The van der Waals surface area contributed by atoms with Gasteiger partial charge >= 0.3 is 0 Å². The molecule has 2 aliphatic rings. The molecule has 0 aromatic rings. The molecule has 1 aliphatic heterocycles. The number of hydrogen-bond donors (Lipinski definition) is 2.